The van der Waals surface area contributed by atoms with Crippen LogP contribution in [-0.2, 0) is 0 Å². The van der Waals surface area contributed by atoms with Gasteiger partial charge in [-0.1, -0.05) is 0 Å². The molecule has 3 aromatic rings. The molecule has 1 heterocycles. The Balaban J connectivity index is 1.84. The average molecular weight is 401 g/mol. The van der Waals surface area contributed by atoms with E-state index < -0.39 is 16.6 Å². The third-order valence-electron chi connectivity index (χ3n) is 3.82. The molecule has 1 N–H and O–H groups in total. The van der Waals surface area contributed by atoms with Crippen molar-refractivity contribution in [2.45, 2.75) is 13.8 Å². The van der Waals surface area contributed by atoms with Crippen molar-refractivity contribution in [3.8, 4) is 16.3 Å². The summed E-state index contributed by atoms with van der Waals surface area (Å²) in [6.07, 6.45) is 0. The fraction of sp³-hybridized carbons (Fsp3) is 0.158. The summed E-state index contributed by atoms with van der Waals surface area (Å²) in [5, 5.41) is 13.9. The Bertz CT molecular complexity index is 1030. The minimum atomic E-state index is -0.757. The van der Waals surface area contributed by atoms with Gasteiger partial charge in [-0.2, -0.15) is 0 Å². The standard InChI is InChI=1S/C19H16FN3O4S/c1-3-27-14-7-4-12(5-8-14)19-21-11(2)17(28-19)18(24)22-16-10-13(23(25)26)6-9-15(16)20/h4-10H,3H2,1-2H3,(H,22,24). The maximum absolute atomic E-state index is 13.9. The van der Waals surface area contributed by atoms with Gasteiger partial charge in [0, 0.05) is 17.7 Å². The molecule has 144 valence electrons. The number of anilines is 1. The molecule has 2 aromatic carbocycles. The van der Waals surface area contributed by atoms with Crippen molar-refractivity contribution in [2.75, 3.05) is 11.9 Å². The van der Waals surface area contributed by atoms with E-state index >= 15 is 0 Å². The highest BCUT2D eigenvalue weighted by atomic mass is 32.1. The molecule has 0 fully saturated rings. The molecular formula is C19H16FN3O4S. The number of carbonyl (C=O) groups excluding carboxylic acids is 1. The van der Waals surface area contributed by atoms with Gasteiger partial charge in [0.05, 0.1) is 22.9 Å². The number of non-ortho nitro benzene ring substituents is 1. The van der Waals surface area contributed by atoms with Crippen molar-refractivity contribution in [3.05, 3.63) is 69.0 Å². The van der Waals surface area contributed by atoms with Crippen molar-refractivity contribution in [2.24, 2.45) is 0 Å². The van der Waals surface area contributed by atoms with Gasteiger partial charge in [-0.25, -0.2) is 9.37 Å². The lowest BCUT2D eigenvalue weighted by molar-refractivity contribution is -0.384. The SMILES string of the molecule is CCOc1ccc(-c2nc(C)c(C(=O)Nc3cc([N+](=O)[O-])ccc3F)s2)cc1. The molecule has 0 aliphatic heterocycles. The van der Waals surface area contributed by atoms with E-state index in [1.807, 2.05) is 31.2 Å². The zero-order chi connectivity index (χ0) is 20.3. The Morgan fingerprint density at radius 2 is 2.00 bits per heavy atom. The number of benzene rings is 2. The molecule has 28 heavy (non-hydrogen) atoms. The lowest BCUT2D eigenvalue weighted by atomic mass is 10.2. The van der Waals surface area contributed by atoms with E-state index in [9.17, 15) is 19.3 Å². The predicted octanol–water partition coefficient (Wildman–Crippen LogP) is 4.82. The molecule has 7 nitrogen and oxygen atoms in total. The Kier molecular flexibility index (Phi) is 5.65. The largest absolute Gasteiger partial charge is 0.494 e. The molecule has 0 saturated heterocycles. The summed E-state index contributed by atoms with van der Waals surface area (Å²) < 4.78 is 19.3. The summed E-state index contributed by atoms with van der Waals surface area (Å²) in [4.78, 5) is 27.5. The van der Waals surface area contributed by atoms with Crippen LogP contribution in [0.1, 0.15) is 22.3 Å². The molecule has 0 aliphatic rings. The maximum atomic E-state index is 13.9. The van der Waals surface area contributed by atoms with E-state index in [0.717, 1.165) is 40.8 Å². The van der Waals surface area contributed by atoms with Crippen molar-refractivity contribution in [1.82, 2.24) is 4.98 Å². The number of thiazole rings is 1. The molecule has 3 rings (SSSR count). The highest BCUT2D eigenvalue weighted by Crippen LogP contribution is 2.30. The summed E-state index contributed by atoms with van der Waals surface area (Å²) in [6.45, 7) is 4.13. The summed E-state index contributed by atoms with van der Waals surface area (Å²) >= 11 is 1.16. The Hall–Kier alpha value is -3.33. The fourth-order valence-corrected chi connectivity index (χ4v) is 3.46. The molecule has 0 bridgehead atoms. The number of aromatic nitrogens is 1. The normalized spacial score (nSPS) is 10.5. The second-order valence-electron chi connectivity index (χ2n) is 5.77. The second-order valence-corrected chi connectivity index (χ2v) is 6.77. The van der Waals surface area contributed by atoms with Crippen LogP contribution in [0.2, 0.25) is 0 Å². The second kappa shape index (κ2) is 8.13. The van der Waals surface area contributed by atoms with Gasteiger partial charge in [0.1, 0.15) is 21.5 Å². The van der Waals surface area contributed by atoms with E-state index in [1.165, 1.54) is 0 Å². The number of amides is 1. The summed E-state index contributed by atoms with van der Waals surface area (Å²) in [6, 6.07) is 10.3. The number of nitro benzene ring substituents is 1. The number of ether oxygens (including phenoxy) is 1. The number of hydrogen-bond donors (Lipinski definition) is 1. The number of carbonyl (C=O) groups is 1. The van der Waals surface area contributed by atoms with E-state index in [-0.39, 0.29) is 11.4 Å². The van der Waals surface area contributed by atoms with Crippen LogP contribution in [-0.4, -0.2) is 22.4 Å². The van der Waals surface area contributed by atoms with E-state index in [0.29, 0.717) is 22.2 Å². The third-order valence-corrected chi connectivity index (χ3v) is 5.03. The summed E-state index contributed by atoms with van der Waals surface area (Å²) in [5.74, 6) is -0.599. The van der Waals surface area contributed by atoms with Crippen LogP contribution in [0.4, 0.5) is 15.8 Å². The van der Waals surface area contributed by atoms with E-state index in [2.05, 4.69) is 10.3 Å². The van der Waals surface area contributed by atoms with Gasteiger partial charge >= 0.3 is 0 Å². The number of rotatable bonds is 6. The van der Waals surface area contributed by atoms with Crippen molar-refractivity contribution < 1.29 is 18.8 Å². The van der Waals surface area contributed by atoms with Crippen LogP contribution < -0.4 is 10.1 Å². The molecule has 0 unspecified atom stereocenters. The first-order valence-corrected chi connectivity index (χ1v) is 9.16. The van der Waals surface area contributed by atoms with Gasteiger partial charge in [-0.15, -0.1) is 11.3 Å². The number of nitro groups is 1. The molecule has 0 saturated carbocycles. The van der Waals surface area contributed by atoms with Gasteiger partial charge < -0.3 is 10.1 Å². The van der Waals surface area contributed by atoms with Gasteiger partial charge in [0.25, 0.3) is 11.6 Å². The van der Waals surface area contributed by atoms with Crippen LogP contribution in [0.5, 0.6) is 5.75 Å². The number of nitrogens with zero attached hydrogens (tertiary/aromatic N) is 2. The molecule has 0 spiro atoms. The molecular weight excluding hydrogens is 385 g/mol. The summed E-state index contributed by atoms with van der Waals surface area (Å²) in [7, 11) is 0. The molecule has 0 aliphatic carbocycles. The van der Waals surface area contributed by atoms with Crippen LogP contribution >= 0.6 is 11.3 Å². The predicted molar refractivity (Wildman–Crippen MR) is 104 cm³/mol. The number of aryl methyl sites for hydroxylation is 1. The van der Waals surface area contributed by atoms with E-state index in [1.54, 1.807) is 6.92 Å². The average Bonchev–Trinajstić information content (AvgIpc) is 3.06. The topological polar surface area (TPSA) is 94.4 Å². The van der Waals surface area contributed by atoms with Gasteiger partial charge in [-0.05, 0) is 44.2 Å². The summed E-state index contributed by atoms with van der Waals surface area (Å²) in [5.41, 5.74) is 0.733. The first kappa shape index (κ1) is 19.4. The highest BCUT2D eigenvalue weighted by Gasteiger charge is 2.19. The lowest BCUT2D eigenvalue weighted by Crippen LogP contribution is -2.13. The zero-order valence-corrected chi connectivity index (χ0v) is 15.9. The monoisotopic (exact) mass is 401 g/mol. The minimum absolute atomic E-state index is 0.255. The molecule has 0 radical (unpaired) electrons. The van der Waals surface area contributed by atoms with Crippen LogP contribution in [0.15, 0.2) is 42.5 Å². The first-order valence-electron chi connectivity index (χ1n) is 8.35. The molecule has 1 aromatic heterocycles. The van der Waals surface area contributed by atoms with E-state index in [4.69, 9.17) is 4.74 Å². The first-order chi connectivity index (χ1) is 13.4. The Morgan fingerprint density at radius 1 is 1.29 bits per heavy atom. The van der Waals surface area contributed by atoms with Gasteiger partial charge in [0.15, 0.2) is 0 Å². The molecule has 1 amide bonds. The molecule has 0 atom stereocenters. The van der Waals surface area contributed by atoms with Crippen LogP contribution in [0.3, 0.4) is 0 Å². The fourth-order valence-electron chi connectivity index (χ4n) is 2.49. The zero-order valence-electron chi connectivity index (χ0n) is 15.1. The minimum Gasteiger partial charge on any atom is -0.494 e. The number of hydrogen-bond acceptors (Lipinski definition) is 6. The highest BCUT2D eigenvalue weighted by molar-refractivity contribution is 7.17. The van der Waals surface area contributed by atoms with Gasteiger partial charge in [-0.3, -0.25) is 14.9 Å². The van der Waals surface area contributed by atoms with Crippen molar-refractivity contribution in [3.63, 3.8) is 0 Å². The number of nitrogens with one attached hydrogen (secondary N) is 1. The smallest absolute Gasteiger partial charge is 0.271 e. The molecule has 9 heteroatoms. The lowest BCUT2D eigenvalue weighted by Gasteiger charge is -2.05. The van der Waals surface area contributed by atoms with Crippen molar-refractivity contribution >= 4 is 28.6 Å². The van der Waals surface area contributed by atoms with Crippen molar-refractivity contribution in [1.29, 1.82) is 0 Å². The van der Waals surface area contributed by atoms with Crippen LogP contribution in [0, 0.1) is 22.9 Å². The third kappa shape index (κ3) is 4.15. The number of halogens is 1. The Labute approximate surface area is 164 Å². The maximum Gasteiger partial charge on any atom is 0.271 e. The van der Waals surface area contributed by atoms with Crippen LogP contribution in [0.25, 0.3) is 10.6 Å². The Morgan fingerprint density at radius 3 is 2.64 bits per heavy atom. The van der Waals surface area contributed by atoms with Gasteiger partial charge in [0.2, 0.25) is 0 Å². The quantitative estimate of drug-likeness (QED) is 0.472.